The van der Waals surface area contributed by atoms with Crippen LogP contribution in [0, 0.1) is 0 Å². The Morgan fingerprint density at radius 2 is 1.90 bits per heavy atom. The van der Waals surface area contributed by atoms with Gasteiger partial charge in [0, 0.05) is 42.4 Å². The van der Waals surface area contributed by atoms with Crippen molar-refractivity contribution in [2.24, 2.45) is 5.73 Å². The number of hydrogen-bond acceptors (Lipinski definition) is 5. The van der Waals surface area contributed by atoms with Crippen molar-refractivity contribution >= 4 is 38.2 Å². The van der Waals surface area contributed by atoms with Crippen molar-refractivity contribution in [2.45, 2.75) is 32.2 Å². The van der Waals surface area contributed by atoms with E-state index in [9.17, 15) is 9.59 Å². The molecule has 2 aromatic heterocycles. The summed E-state index contributed by atoms with van der Waals surface area (Å²) in [4.78, 5) is 29.8. The van der Waals surface area contributed by atoms with E-state index in [2.05, 4.69) is 5.32 Å². The average molecular weight is 421 g/mol. The summed E-state index contributed by atoms with van der Waals surface area (Å²) in [5.74, 6) is 0.0433. The number of ketones is 1. The molecule has 3 N–H and O–H groups in total. The Morgan fingerprint density at radius 1 is 1.17 bits per heavy atom. The lowest BCUT2D eigenvalue weighted by Gasteiger charge is -2.04. The second-order valence-corrected chi connectivity index (χ2v) is 8.52. The number of aromatic nitrogens is 2. The van der Waals surface area contributed by atoms with Crippen LogP contribution in [0.3, 0.4) is 0 Å². The Morgan fingerprint density at radius 3 is 2.60 bits per heavy atom. The largest absolute Gasteiger partial charge is 0.355 e. The van der Waals surface area contributed by atoms with Crippen LogP contribution in [-0.4, -0.2) is 34.2 Å². The van der Waals surface area contributed by atoms with Gasteiger partial charge >= 0.3 is 0 Å². The van der Waals surface area contributed by atoms with Gasteiger partial charge in [-0.3, -0.25) is 14.0 Å². The minimum absolute atomic E-state index is 0.110. The summed E-state index contributed by atoms with van der Waals surface area (Å²) in [6.07, 6.45) is 4.18. The van der Waals surface area contributed by atoms with Gasteiger partial charge in [0.15, 0.2) is 10.7 Å². The highest BCUT2D eigenvalue weighted by Gasteiger charge is 2.13. The monoisotopic (exact) mass is 420 g/mol. The predicted octanol–water partition coefficient (Wildman–Crippen LogP) is 4.28. The molecule has 0 bridgehead atoms. The average Bonchev–Trinajstić information content (AvgIpc) is 3.30. The molecular formula is C23H24N4O2S. The first-order valence-corrected chi connectivity index (χ1v) is 10.8. The van der Waals surface area contributed by atoms with Gasteiger partial charge in [0.1, 0.15) is 0 Å². The highest BCUT2D eigenvalue weighted by atomic mass is 32.1. The summed E-state index contributed by atoms with van der Waals surface area (Å²) < 4.78 is 3.09. The first-order valence-electron chi connectivity index (χ1n) is 9.99. The summed E-state index contributed by atoms with van der Waals surface area (Å²) in [6, 6.07) is 13.3. The molecule has 1 atom stereocenters. The van der Waals surface area contributed by atoms with E-state index in [0.717, 1.165) is 44.8 Å². The zero-order valence-electron chi connectivity index (χ0n) is 17.0. The van der Waals surface area contributed by atoms with E-state index in [-0.39, 0.29) is 17.7 Å². The number of nitrogens with one attached hydrogen (secondary N) is 1. The van der Waals surface area contributed by atoms with Crippen molar-refractivity contribution in [1.29, 1.82) is 0 Å². The number of Topliss-reactive ketones (excluding diaryl/α,β-unsaturated/α-hetero) is 1. The maximum absolute atomic E-state index is 12.5. The molecule has 0 spiro atoms. The van der Waals surface area contributed by atoms with Gasteiger partial charge in [-0.15, -0.1) is 0 Å². The van der Waals surface area contributed by atoms with E-state index < -0.39 is 0 Å². The zero-order valence-corrected chi connectivity index (χ0v) is 17.8. The van der Waals surface area contributed by atoms with E-state index in [1.54, 1.807) is 30.5 Å². The fourth-order valence-electron chi connectivity index (χ4n) is 3.48. The number of carbonyl (C=O) groups excluding carboxylic acids is 2. The van der Waals surface area contributed by atoms with Crippen LogP contribution in [0.25, 0.3) is 26.4 Å². The van der Waals surface area contributed by atoms with Gasteiger partial charge in [-0.1, -0.05) is 23.5 Å². The number of nitrogens with zero attached hydrogens (tertiary/aromatic N) is 2. The topological polar surface area (TPSA) is 89.5 Å². The molecule has 0 saturated carbocycles. The van der Waals surface area contributed by atoms with Gasteiger partial charge in [-0.2, -0.15) is 0 Å². The number of carbonyl (C=O) groups is 2. The molecule has 1 amide bonds. The van der Waals surface area contributed by atoms with E-state index in [1.165, 1.54) is 0 Å². The van der Waals surface area contributed by atoms with E-state index >= 15 is 0 Å². The lowest BCUT2D eigenvalue weighted by Crippen LogP contribution is -2.17. The van der Waals surface area contributed by atoms with E-state index in [1.807, 2.05) is 47.9 Å². The number of amides is 1. The van der Waals surface area contributed by atoms with Crippen LogP contribution >= 0.6 is 11.3 Å². The maximum atomic E-state index is 12.5. The number of fused-ring (bicyclic) bond motifs is 3. The lowest BCUT2D eigenvalue weighted by atomic mass is 10.0. The molecule has 0 fully saturated rings. The molecule has 0 saturated heterocycles. The number of imidazole rings is 1. The van der Waals surface area contributed by atoms with Crippen LogP contribution in [0.4, 0.5) is 0 Å². The molecule has 4 rings (SSSR count). The lowest BCUT2D eigenvalue weighted by molar-refractivity contribution is 0.0959. The molecule has 0 unspecified atom stereocenters. The molecule has 2 heterocycles. The minimum atomic E-state index is -0.110. The molecule has 154 valence electrons. The summed E-state index contributed by atoms with van der Waals surface area (Å²) in [7, 11) is 1.62. The molecule has 6 nitrogen and oxygen atoms in total. The van der Waals surface area contributed by atoms with Crippen LogP contribution in [0.1, 0.15) is 46.9 Å². The Labute approximate surface area is 178 Å². The molecule has 30 heavy (non-hydrogen) atoms. The predicted molar refractivity (Wildman–Crippen MR) is 121 cm³/mol. The van der Waals surface area contributed by atoms with Gasteiger partial charge in [-0.25, -0.2) is 4.98 Å². The first kappa shape index (κ1) is 20.3. The Bertz CT molecular complexity index is 1220. The smallest absolute Gasteiger partial charge is 0.251 e. The highest BCUT2D eigenvalue weighted by molar-refractivity contribution is 7.23. The van der Waals surface area contributed by atoms with Crippen LogP contribution in [0.5, 0.6) is 0 Å². The van der Waals surface area contributed by atoms with Crippen molar-refractivity contribution in [1.82, 2.24) is 14.7 Å². The number of hydrogen-bond donors (Lipinski definition) is 2. The van der Waals surface area contributed by atoms with Gasteiger partial charge in [0.2, 0.25) is 0 Å². The highest BCUT2D eigenvalue weighted by Crippen LogP contribution is 2.30. The Balaban J connectivity index is 1.58. The number of nitrogens with two attached hydrogens (primary N) is 1. The van der Waals surface area contributed by atoms with Crippen molar-refractivity contribution < 1.29 is 9.59 Å². The number of rotatable bonds is 7. The summed E-state index contributed by atoms with van der Waals surface area (Å²) in [5, 5.41) is 2.62. The van der Waals surface area contributed by atoms with Gasteiger partial charge < -0.3 is 11.1 Å². The first-order chi connectivity index (χ1) is 14.5. The molecule has 7 heteroatoms. The van der Waals surface area contributed by atoms with Crippen molar-refractivity contribution in [2.75, 3.05) is 7.05 Å². The maximum Gasteiger partial charge on any atom is 0.251 e. The van der Waals surface area contributed by atoms with Gasteiger partial charge in [0.25, 0.3) is 5.91 Å². The third-order valence-corrected chi connectivity index (χ3v) is 6.17. The Hall–Kier alpha value is -3.03. The summed E-state index contributed by atoms with van der Waals surface area (Å²) in [5.41, 5.74) is 9.95. The fraction of sp³-hybridized carbons (Fsp3) is 0.261. The van der Waals surface area contributed by atoms with Crippen LogP contribution in [-0.2, 0) is 0 Å². The molecule has 0 radical (unpaired) electrons. The quantitative estimate of drug-likeness (QED) is 0.437. The van der Waals surface area contributed by atoms with Crippen molar-refractivity contribution in [3.63, 3.8) is 0 Å². The van der Waals surface area contributed by atoms with Crippen LogP contribution in [0.15, 0.2) is 48.7 Å². The third-order valence-electron chi connectivity index (χ3n) is 5.15. The Kier molecular flexibility index (Phi) is 5.65. The standard InChI is InChI=1S/C23H24N4O2S/c1-14(24)4-3-5-20(28)17-10-11-19-21(12-17)30-23-26-18(13-27(19)23)15-6-8-16(9-7-15)22(29)25-2/h6-14H,3-5,24H2,1-2H3,(H,25,29)/t14-/m0/s1. The molecule has 2 aromatic carbocycles. The second kappa shape index (κ2) is 8.38. The molecule has 0 aliphatic rings. The van der Waals surface area contributed by atoms with Gasteiger partial charge in [0.05, 0.1) is 15.9 Å². The summed E-state index contributed by atoms with van der Waals surface area (Å²) in [6.45, 7) is 1.96. The SMILES string of the molecule is CNC(=O)c1ccc(-c2cn3c(n2)sc2cc(C(=O)CCC[C@H](C)N)ccc23)cc1. The van der Waals surface area contributed by atoms with Crippen molar-refractivity contribution in [3.8, 4) is 11.3 Å². The minimum Gasteiger partial charge on any atom is -0.355 e. The number of benzene rings is 2. The molecule has 0 aliphatic carbocycles. The fourth-order valence-corrected chi connectivity index (χ4v) is 4.53. The molecular weight excluding hydrogens is 396 g/mol. The second-order valence-electron chi connectivity index (χ2n) is 7.51. The van der Waals surface area contributed by atoms with Gasteiger partial charge in [-0.05, 0) is 50.1 Å². The van der Waals surface area contributed by atoms with E-state index in [4.69, 9.17) is 10.7 Å². The normalized spacial score (nSPS) is 12.4. The zero-order chi connectivity index (χ0) is 21.3. The molecule has 4 aromatic rings. The summed E-state index contributed by atoms with van der Waals surface area (Å²) >= 11 is 1.56. The molecule has 0 aliphatic heterocycles. The van der Waals surface area contributed by atoms with Crippen LogP contribution < -0.4 is 11.1 Å². The van der Waals surface area contributed by atoms with Crippen molar-refractivity contribution in [3.05, 3.63) is 59.8 Å². The van der Waals surface area contributed by atoms with Crippen LogP contribution in [0.2, 0.25) is 0 Å². The van der Waals surface area contributed by atoms with E-state index in [0.29, 0.717) is 12.0 Å². The number of thiazole rings is 1. The third kappa shape index (κ3) is 3.99.